The van der Waals surface area contributed by atoms with E-state index in [9.17, 15) is 22.4 Å². The molecule has 0 aliphatic carbocycles. The molecule has 0 heterocycles. The van der Waals surface area contributed by atoms with Gasteiger partial charge in [0.1, 0.15) is 0 Å². The molecule has 0 bridgehead atoms. The zero-order valence-electron chi connectivity index (χ0n) is 6.02. The standard InChI is InChI=1S/C5H6F4O3/c1-2-11-4(6,7)5(8,9)12-3-10/h3H,2H2,1H3. The Bertz CT molecular complexity index is 159. The smallest absolute Gasteiger partial charge is 0.396 e. The second kappa shape index (κ2) is 3.70. The van der Waals surface area contributed by atoms with Crippen LogP contribution in [0.4, 0.5) is 17.6 Å². The first-order chi connectivity index (χ1) is 5.37. The first-order valence-corrected chi connectivity index (χ1v) is 2.88. The Morgan fingerprint density at radius 3 is 2.08 bits per heavy atom. The highest BCUT2D eigenvalue weighted by atomic mass is 19.3. The number of halogens is 4. The summed E-state index contributed by atoms with van der Waals surface area (Å²) in [6.45, 7) is -0.289. The molecular formula is C5H6F4O3. The molecule has 0 aliphatic rings. The van der Waals surface area contributed by atoms with Gasteiger partial charge in [0.2, 0.25) is 0 Å². The number of hydrogen-bond donors (Lipinski definition) is 0. The van der Waals surface area contributed by atoms with Crippen molar-refractivity contribution in [1.29, 1.82) is 0 Å². The first kappa shape index (κ1) is 11.2. The molecular weight excluding hydrogens is 184 g/mol. The van der Waals surface area contributed by atoms with E-state index in [1.807, 2.05) is 0 Å². The van der Waals surface area contributed by atoms with Gasteiger partial charge < -0.3 is 9.47 Å². The van der Waals surface area contributed by atoms with Gasteiger partial charge in [0, 0.05) is 0 Å². The van der Waals surface area contributed by atoms with Crippen molar-refractivity contribution in [2.75, 3.05) is 6.61 Å². The Balaban J connectivity index is 4.38. The molecule has 7 heteroatoms. The molecule has 0 aromatic heterocycles. The maximum atomic E-state index is 12.1. The second-order valence-corrected chi connectivity index (χ2v) is 1.68. The second-order valence-electron chi connectivity index (χ2n) is 1.68. The molecule has 3 nitrogen and oxygen atoms in total. The van der Waals surface area contributed by atoms with Crippen molar-refractivity contribution >= 4 is 6.47 Å². The molecule has 0 amide bonds. The average molecular weight is 190 g/mol. The van der Waals surface area contributed by atoms with Crippen LogP contribution >= 0.6 is 0 Å². The molecule has 0 N–H and O–H groups in total. The van der Waals surface area contributed by atoms with E-state index >= 15 is 0 Å². The number of carbonyl (C=O) groups is 1. The summed E-state index contributed by atoms with van der Waals surface area (Å²) in [5, 5.41) is 0. The quantitative estimate of drug-likeness (QED) is 0.485. The van der Waals surface area contributed by atoms with Crippen LogP contribution in [0.1, 0.15) is 6.92 Å². The Morgan fingerprint density at radius 1 is 1.25 bits per heavy atom. The van der Waals surface area contributed by atoms with Crippen LogP contribution in [0.2, 0.25) is 0 Å². The van der Waals surface area contributed by atoms with Crippen LogP contribution in [-0.4, -0.2) is 25.3 Å². The molecule has 0 radical (unpaired) electrons. The highest BCUT2D eigenvalue weighted by molar-refractivity contribution is 5.37. The minimum atomic E-state index is -4.93. The highest BCUT2D eigenvalue weighted by Gasteiger charge is 2.61. The van der Waals surface area contributed by atoms with E-state index in [1.54, 1.807) is 0 Å². The summed E-state index contributed by atoms with van der Waals surface area (Å²) in [5.74, 6) is 0. The lowest BCUT2D eigenvalue weighted by Gasteiger charge is -2.22. The fraction of sp³-hybridized carbons (Fsp3) is 0.800. The zero-order chi connectivity index (χ0) is 9.83. The van der Waals surface area contributed by atoms with Crippen molar-refractivity contribution in [3.05, 3.63) is 0 Å². The fourth-order valence-corrected chi connectivity index (χ4v) is 0.394. The largest absolute Gasteiger partial charge is 0.495 e. The molecule has 0 fully saturated rings. The summed E-state index contributed by atoms with van der Waals surface area (Å²) < 4.78 is 54.6. The maximum absolute atomic E-state index is 12.1. The Hall–Kier alpha value is -0.850. The summed E-state index contributed by atoms with van der Waals surface area (Å²) in [4.78, 5) is 9.38. The van der Waals surface area contributed by atoms with E-state index in [-0.39, 0.29) is 0 Å². The number of hydrogen-bond acceptors (Lipinski definition) is 3. The van der Waals surface area contributed by atoms with E-state index < -0.39 is 25.3 Å². The van der Waals surface area contributed by atoms with Gasteiger partial charge in [-0.1, -0.05) is 0 Å². The van der Waals surface area contributed by atoms with Gasteiger partial charge >= 0.3 is 12.2 Å². The lowest BCUT2D eigenvalue weighted by Crippen LogP contribution is -2.44. The van der Waals surface area contributed by atoms with E-state index in [2.05, 4.69) is 9.47 Å². The van der Waals surface area contributed by atoms with Crippen LogP contribution in [0.15, 0.2) is 0 Å². The van der Waals surface area contributed by atoms with Gasteiger partial charge in [-0.15, -0.1) is 0 Å². The van der Waals surface area contributed by atoms with Gasteiger partial charge in [0.15, 0.2) is 0 Å². The van der Waals surface area contributed by atoms with E-state index in [0.29, 0.717) is 0 Å². The Morgan fingerprint density at radius 2 is 1.75 bits per heavy atom. The van der Waals surface area contributed by atoms with Crippen LogP contribution in [0.25, 0.3) is 0 Å². The molecule has 0 saturated carbocycles. The lowest BCUT2D eigenvalue weighted by molar-refractivity contribution is -0.414. The van der Waals surface area contributed by atoms with Crippen LogP contribution in [0.3, 0.4) is 0 Å². The molecule has 0 unspecified atom stereocenters. The van der Waals surface area contributed by atoms with Crippen molar-refractivity contribution in [3.63, 3.8) is 0 Å². The third-order valence-corrected chi connectivity index (χ3v) is 0.861. The van der Waals surface area contributed by atoms with Crippen LogP contribution in [-0.2, 0) is 14.3 Å². The summed E-state index contributed by atoms with van der Waals surface area (Å²) in [7, 11) is 0. The third kappa shape index (κ3) is 2.33. The van der Waals surface area contributed by atoms with Crippen LogP contribution in [0.5, 0.6) is 0 Å². The first-order valence-electron chi connectivity index (χ1n) is 2.88. The molecule has 0 aliphatic heterocycles. The van der Waals surface area contributed by atoms with Crippen molar-refractivity contribution in [2.24, 2.45) is 0 Å². The molecule has 72 valence electrons. The fourth-order valence-electron chi connectivity index (χ4n) is 0.394. The lowest BCUT2D eigenvalue weighted by atomic mass is 10.5. The predicted molar refractivity (Wildman–Crippen MR) is 28.7 cm³/mol. The molecule has 0 atom stereocenters. The molecule has 0 rings (SSSR count). The number of rotatable bonds is 5. The average Bonchev–Trinajstić information content (AvgIpc) is 1.86. The minimum absolute atomic E-state index is 0.620. The van der Waals surface area contributed by atoms with Gasteiger partial charge in [-0.25, -0.2) is 0 Å². The van der Waals surface area contributed by atoms with Crippen molar-refractivity contribution in [3.8, 4) is 0 Å². The number of alkyl halides is 4. The topological polar surface area (TPSA) is 35.5 Å². The van der Waals surface area contributed by atoms with Crippen LogP contribution in [0, 0.1) is 0 Å². The van der Waals surface area contributed by atoms with Gasteiger partial charge in [0.25, 0.3) is 6.47 Å². The number of carbonyl (C=O) groups excluding carboxylic acids is 1. The van der Waals surface area contributed by atoms with Crippen LogP contribution < -0.4 is 0 Å². The van der Waals surface area contributed by atoms with Gasteiger partial charge in [-0.05, 0) is 6.92 Å². The van der Waals surface area contributed by atoms with Crippen molar-refractivity contribution in [2.45, 2.75) is 19.1 Å². The third-order valence-electron chi connectivity index (χ3n) is 0.861. The van der Waals surface area contributed by atoms with Crippen molar-refractivity contribution in [1.82, 2.24) is 0 Å². The molecule has 0 spiro atoms. The molecule has 0 aromatic carbocycles. The summed E-state index contributed by atoms with van der Waals surface area (Å²) in [6.07, 6.45) is -9.71. The number of ether oxygens (including phenoxy) is 2. The zero-order valence-corrected chi connectivity index (χ0v) is 6.02. The summed E-state index contributed by atoms with van der Waals surface area (Å²) in [5.41, 5.74) is 0. The van der Waals surface area contributed by atoms with E-state index in [0.717, 1.165) is 6.92 Å². The van der Waals surface area contributed by atoms with Gasteiger partial charge in [-0.2, -0.15) is 17.6 Å². The predicted octanol–water partition coefficient (Wildman–Crippen LogP) is 1.38. The van der Waals surface area contributed by atoms with E-state index in [4.69, 9.17) is 0 Å². The normalized spacial score (nSPS) is 12.8. The molecule has 0 aromatic rings. The van der Waals surface area contributed by atoms with Gasteiger partial charge in [0.05, 0.1) is 6.61 Å². The molecule has 0 saturated heterocycles. The highest BCUT2D eigenvalue weighted by Crippen LogP contribution is 2.35. The van der Waals surface area contributed by atoms with Gasteiger partial charge in [-0.3, -0.25) is 4.79 Å². The summed E-state index contributed by atoms with van der Waals surface area (Å²) in [6, 6.07) is 0. The Kier molecular flexibility index (Phi) is 3.44. The summed E-state index contributed by atoms with van der Waals surface area (Å²) >= 11 is 0. The minimum Gasteiger partial charge on any atom is -0.396 e. The maximum Gasteiger partial charge on any atom is 0.495 e. The molecule has 12 heavy (non-hydrogen) atoms. The Labute approximate surface area is 65.2 Å². The monoisotopic (exact) mass is 190 g/mol. The van der Waals surface area contributed by atoms with E-state index in [1.165, 1.54) is 0 Å². The SMILES string of the molecule is CCOC(F)(F)C(F)(F)OC=O. The van der Waals surface area contributed by atoms with Crippen molar-refractivity contribution < 1.29 is 31.8 Å².